The summed E-state index contributed by atoms with van der Waals surface area (Å²) in [6, 6.07) is 10.2. The third-order valence-corrected chi connectivity index (χ3v) is 2.61. The molecule has 0 spiro atoms. The Morgan fingerprint density at radius 3 is 2.76 bits per heavy atom. The molecule has 0 atom stereocenters. The summed E-state index contributed by atoms with van der Waals surface area (Å²) in [6.07, 6.45) is 0. The van der Waals surface area contributed by atoms with E-state index in [0.29, 0.717) is 6.61 Å². The highest BCUT2D eigenvalue weighted by molar-refractivity contribution is 5.77. The summed E-state index contributed by atoms with van der Waals surface area (Å²) in [5, 5.41) is 10.5. The van der Waals surface area contributed by atoms with Crippen LogP contribution in [-0.4, -0.2) is 30.5 Å². The summed E-state index contributed by atoms with van der Waals surface area (Å²) in [4.78, 5) is 0. The predicted octanol–water partition coefficient (Wildman–Crippen LogP) is 2.44. The third kappa shape index (κ3) is 2.65. The largest absolute Gasteiger partial charge is 0.383 e. The van der Waals surface area contributed by atoms with Crippen LogP contribution in [0.15, 0.2) is 30.3 Å². The minimum Gasteiger partial charge on any atom is -0.383 e. The van der Waals surface area contributed by atoms with E-state index in [-0.39, 0.29) is 0 Å². The lowest BCUT2D eigenvalue weighted by Gasteiger charge is -2.06. The number of hydrogen-bond donors (Lipinski definition) is 2. The van der Waals surface area contributed by atoms with Gasteiger partial charge in [-0.05, 0) is 12.5 Å². The molecule has 0 radical (unpaired) electrons. The van der Waals surface area contributed by atoms with Crippen molar-refractivity contribution in [3.8, 4) is 11.1 Å². The Morgan fingerprint density at radius 2 is 2.06 bits per heavy atom. The summed E-state index contributed by atoms with van der Waals surface area (Å²) >= 11 is 0. The van der Waals surface area contributed by atoms with E-state index in [2.05, 4.69) is 27.6 Å². The fraction of sp³-hybridized carbons (Fsp3) is 0.308. The number of rotatable bonds is 5. The topological polar surface area (TPSA) is 49.9 Å². The van der Waals surface area contributed by atoms with Crippen LogP contribution in [0, 0.1) is 6.92 Å². The van der Waals surface area contributed by atoms with Crippen molar-refractivity contribution in [3.05, 3.63) is 36.0 Å². The lowest BCUT2D eigenvalue weighted by atomic mass is 10.1. The molecule has 0 amide bonds. The van der Waals surface area contributed by atoms with Gasteiger partial charge in [0.15, 0.2) is 5.82 Å². The van der Waals surface area contributed by atoms with Crippen LogP contribution < -0.4 is 5.32 Å². The number of nitrogens with one attached hydrogen (secondary N) is 2. The molecule has 1 heterocycles. The van der Waals surface area contributed by atoms with Crippen LogP contribution in [0.4, 0.5) is 5.82 Å². The molecular weight excluding hydrogens is 214 g/mol. The first-order valence-corrected chi connectivity index (χ1v) is 5.66. The van der Waals surface area contributed by atoms with E-state index >= 15 is 0 Å². The van der Waals surface area contributed by atoms with Crippen molar-refractivity contribution in [1.82, 2.24) is 10.2 Å². The quantitative estimate of drug-likeness (QED) is 0.777. The van der Waals surface area contributed by atoms with Crippen LogP contribution in [0.1, 0.15) is 5.69 Å². The fourth-order valence-corrected chi connectivity index (χ4v) is 1.79. The van der Waals surface area contributed by atoms with Gasteiger partial charge in [-0.3, -0.25) is 5.10 Å². The van der Waals surface area contributed by atoms with Gasteiger partial charge in [0, 0.05) is 24.9 Å². The molecular formula is C13H17N3O. The molecule has 0 bridgehead atoms. The van der Waals surface area contributed by atoms with Gasteiger partial charge >= 0.3 is 0 Å². The van der Waals surface area contributed by atoms with E-state index in [9.17, 15) is 0 Å². The molecule has 0 unspecified atom stereocenters. The standard InChI is InChI=1S/C13H17N3O/c1-10-12(11-6-4-3-5-7-11)13(16-15-10)14-8-9-17-2/h3-7H,8-9H2,1-2H3,(H2,14,15,16). The molecule has 0 saturated heterocycles. The molecule has 4 nitrogen and oxygen atoms in total. The van der Waals surface area contributed by atoms with Crippen molar-refractivity contribution in [2.24, 2.45) is 0 Å². The summed E-state index contributed by atoms with van der Waals surface area (Å²) in [5.74, 6) is 0.880. The van der Waals surface area contributed by atoms with Gasteiger partial charge in [-0.25, -0.2) is 0 Å². The number of H-pyrrole nitrogens is 1. The van der Waals surface area contributed by atoms with E-state index in [1.165, 1.54) is 5.56 Å². The fourth-order valence-electron chi connectivity index (χ4n) is 1.79. The molecule has 0 aliphatic rings. The smallest absolute Gasteiger partial charge is 0.156 e. The maximum atomic E-state index is 5.02. The second-order valence-corrected chi connectivity index (χ2v) is 3.86. The average Bonchev–Trinajstić information content (AvgIpc) is 2.72. The Labute approximate surface area is 101 Å². The van der Waals surface area contributed by atoms with Gasteiger partial charge in [-0.1, -0.05) is 30.3 Å². The monoisotopic (exact) mass is 231 g/mol. The van der Waals surface area contributed by atoms with Gasteiger partial charge in [-0.2, -0.15) is 5.10 Å². The number of ether oxygens (including phenoxy) is 1. The molecule has 2 aromatic rings. The number of nitrogens with zero attached hydrogens (tertiary/aromatic N) is 1. The molecule has 90 valence electrons. The molecule has 17 heavy (non-hydrogen) atoms. The highest BCUT2D eigenvalue weighted by atomic mass is 16.5. The van der Waals surface area contributed by atoms with Gasteiger partial charge in [0.05, 0.1) is 6.61 Å². The van der Waals surface area contributed by atoms with Crippen LogP contribution in [0.25, 0.3) is 11.1 Å². The maximum absolute atomic E-state index is 5.02. The van der Waals surface area contributed by atoms with Gasteiger partial charge in [-0.15, -0.1) is 0 Å². The Bertz CT molecular complexity index is 465. The first-order valence-electron chi connectivity index (χ1n) is 5.66. The number of methoxy groups -OCH3 is 1. The van der Waals surface area contributed by atoms with Crippen molar-refractivity contribution in [2.45, 2.75) is 6.92 Å². The first-order chi connectivity index (χ1) is 8.33. The zero-order chi connectivity index (χ0) is 12.1. The van der Waals surface area contributed by atoms with Gasteiger partial charge in [0.25, 0.3) is 0 Å². The number of aromatic amines is 1. The minimum absolute atomic E-state index is 0.667. The molecule has 0 saturated carbocycles. The molecule has 1 aromatic heterocycles. The molecule has 2 rings (SSSR count). The summed E-state index contributed by atoms with van der Waals surface area (Å²) < 4.78 is 5.02. The minimum atomic E-state index is 0.667. The first kappa shape index (κ1) is 11.7. The van der Waals surface area contributed by atoms with Gasteiger partial charge in [0.2, 0.25) is 0 Å². The van der Waals surface area contributed by atoms with Crippen molar-refractivity contribution in [3.63, 3.8) is 0 Å². The van der Waals surface area contributed by atoms with Crippen LogP contribution in [-0.2, 0) is 4.74 Å². The lowest BCUT2D eigenvalue weighted by Crippen LogP contribution is -2.08. The van der Waals surface area contributed by atoms with Gasteiger partial charge in [0.1, 0.15) is 0 Å². The number of aryl methyl sites for hydroxylation is 1. The van der Waals surface area contributed by atoms with E-state index in [1.54, 1.807) is 7.11 Å². The van der Waals surface area contributed by atoms with E-state index in [0.717, 1.165) is 23.6 Å². The van der Waals surface area contributed by atoms with E-state index in [1.807, 2.05) is 25.1 Å². The van der Waals surface area contributed by atoms with Crippen LogP contribution in [0.3, 0.4) is 0 Å². The highest BCUT2D eigenvalue weighted by Gasteiger charge is 2.11. The Kier molecular flexibility index (Phi) is 3.77. The van der Waals surface area contributed by atoms with E-state index in [4.69, 9.17) is 4.74 Å². The summed E-state index contributed by atoms with van der Waals surface area (Å²) in [7, 11) is 1.69. The Morgan fingerprint density at radius 1 is 1.29 bits per heavy atom. The highest BCUT2D eigenvalue weighted by Crippen LogP contribution is 2.28. The lowest BCUT2D eigenvalue weighted by molar-refractivity contribution is 0.210. The zero-order valence-electron chi connectivity index (χ0n) is 10.2. The second kappa shape index (κ2) is 5.50. The molecule has 0 aliphatic heterocycles. The zero-order valence-corrected chi connectivity index (χ0v) is 10.2. The van der Waals surface area contributed by atoms with Crippen molar-refractivity contribution in [1.29, 1.82) is 0 Å². The normalized spacial score (nSPS) is 10.5. The van der Waals surface area contributed by atoms with Crippen LogP contribution >= 0.6 is 0 Å². The second-order valence-electron chi connectivity index (χ2n) is 3.86. The summed E-state index contributed by atoms with van der Waals surface area (Å²) in [6.45, 7) is 3.44. The molecule has 4 heteroatoms. The molecule has 2 N–H and O–H groups in total. The van der Waals surface area contributed by atoms with Crippen molar-refractivity contribution >= 4 is 5.82 Å². The summed E-state index contributed by atoms with van der Waals surface area (Å²) in [5.41, 5.74) is 3.36. The van der Waals surface area contributed by atoms with Gasteiger partial charge < -0.3 is 10.1 Å². The third-order valence-electron chi connectivity index (χ3n) is 2.61. The maximum Gasteiger partial charge on any atom is 0.156 e. The van der Waals surface area contributed by atoms with E-state index < -0.39 is 0 Å². The van der Waals surface area contributed by atoms with Crippen LogP contribution in [0.5, 0.6) is 0 Å². The number of hydrogen-bond acceptors (Lipinski definition) is 3. The van der Waals surface area contributed by atoms with Crippen molar-refractivity contribution in [2.75, 3.05) is 25.6 Å². The molecule has 0 fully saturated rings. The Balaban J connectivity index is 2.24. The predicted molar refractivity (Wildman–Crippen MR) is 69.1 cm³/mol. The molecule has 0 aliphatic carbocycles. The number of aromatic nitrogens is 2. The number of anilines is 1. The van der Waals surface area contributed by atoms with Crippen LogP contribution in [0.2, 0.25) is 0 Å². The SMILES string of the molecule is COCCNc1n[nH]c(C)c1-c1ccccc1. The average molecular weight is 231 g/mol. The Hall–Kier alpha value is -1.81. The van der Waals surface area contributed by atoms with Crippen molar-refractivity contribution < 1.29 is 4.74 Å². The number of benzene rings is 1. The molecule has 1 aromatic carbocycles.